The Hall–Kier alpha value is -1.95. The van der Waals surface area contributed by atoms with Crippen LogP contribution in [0, 0.1) is 11.8 Å². The lowest BCUT2D eigenvalue weighted by Gasteiger charge is -2.43. The number of carbonyl (C=O) groups excluding carboxylic acids is 3. The van der Waals surface area contributed by atoms with Gasteiger partial charge in [-0.1, -0.05) is 28.1 Å². The molecular formula is C18H17BrN2O3. The minimum absolute atomic E-state index is 0.0584. The quantitative estimate of drug-likeness (QED) is 0.576. The molecule has 3 amide bonds. The molecule has 2 saturated heterocycles. The number of rotatable bonds is 2. The van der Waals surface area contributed by atoms with E-state index in [0.29, 0.717) is 31.5 Å². The van der Waals surface area contributed by atoms with E-state index in [9.17, 15) is 14.4 Å². The zero-order valence-corrected chi connectivity index (χ0v) is 14.6. The smallest absolute Gasteiger partial charge is 0.253 e. The van der Waals surface area contributed by atoms with E-state index < -0.39 is 0 Å². The van der Waals surface area contributed by atoms with Crippen molar-refractivity contribution in [3.8, 4) is 0 Å². The molecule has 2 atom stereocenters. The number of hydrogen-bond acceptors (Lipinski definition) is 3. The van der Waals surface area contributed by atoms with Crippen molar-refractivity contribution >= 4 is 33.7 Å². The van der Waals surface area contributed by atoms with Crippen molar-refractivity contribution in [1.29, 1.82) is 0 Å². The van der Waals surface area contributed by atoms with Crippen LogP contribution in [-0.4, -0.2) is 46.7 Å². The molecule has 3 aliphatic rings. The summed E-state index contributed by atoms with van der Waals surface area (Å²) in [6.07, 6.45) is 5.28. The second-order valence-electron chi connectivity index (χ2n) is 6.57. The third-order valence-electron chi connectivity index (χ3n) is 5.15. The van der Waals surface area contributed by atoms with Crippen molar-refractivity contribution in [3.63, 3.8) is 0 Å². The van der Waals surface area contributed by atoms with E-state index in [0.717, 1.165) is 4.47 Å². The Balaban J connectivity index is 1.42. The first-order chi connectivity index (χ1) is 11.6. The van der Waals surface area contributed by atoms with Gasteiger partial charge in [-0.3, -0.25) is 19.3 Å². The van der Waals surface area contributed by atoms with Crippen LogP contribution >= 0.6 is 15.9 Å². The van der Waals surface area contributed by atoms with E-state index >= 15 is 0 Å². The average molecular weight is 389 g/mol. The SMILES string of the molecule is O=C(c1ccc(Br)cc1)N1CC(N2C(=O)C3CC=CCC3C2=O)C1. The van der Waals surface area contributed by atoms with Crippen LogP contribution in [0.3, 0.4) is 0 Å². The molecule has 1 aromatic carbocycles. The largest absolute Gasteiger partial charge is 0.334 e. The minimum Gasteiger partial charge on any atom is -0.334 e. The summed E-state index contributed by atoms with van der Waals surface area (Å²) in [6.45, 7) is 0.860. The Labute approximate surface area is 148 Å². The van der Waals surface area contributed by atoms with Gasteiger partial charge in [-0.2, -0.15) is 0 Å². The average Bonchev–Trinajstić information content (AvgIpc) is 2.80. The summed E-state index contributed by atoms with van der Waals surface area (Å²) in [5, 5.41) is 0. The number of amides is 3. The zero-order valence-electron chi connectivity index (χ0n) is 13.0. The summed E-state index contributed by atoms with van der Waals surface area (Å²) >= 11 is 3.35. The highest BCUT2D eigenvalue weighted by Crippen LogP contribution is 2.37. The number of benzene rings is 1. The third kappa shape index (κ3) is 2.40. The van der Waals surface area contributed by atoms with Crippen molar-refractivity contribution in [2.75, 3.05) is 13.1 Å². The molecule has 2 unspecified atom stereocenters. The molecule has 0 N–H and O–H groups in total. The summed E-state index contributed by atoms with van der Waals surface area (Å²) in [5.74, 6) is -0.570. The summed E-state index contributed by atoms with van der Waals surface area (Å²) in [4.78, 5) is 40.6. The number of allylic oxidation sites excluding steroid dienone is 2. The molecule has 0 spiro atoms. The number of likely N-dealkylation sites (tertiary alicyclic amines) is 2. The van der Waals surface area contributed by atoms with Gasteiger partial charge in [0.05, 0.1) is 17.9 Å². The van der Waals surface area contributed by atoms with Gasteiger partial charge >= 0.3 is 0 Å². The minimum atomic E-state index is -0.196. The Kier molecular flexibility index (Phi) is 3.79. The van der Waals surface area contributed by atoms with E-state index in [4.69, 9.17) is 0 Å². The molecule has 24 heavy (non-hydrogen) atoms. The summed E-state index contributed by atoms with van der Waals surface area (Å²) in [7, 11) is 0. The van der Waals surface area contributed by atoms with Gasteiger partial charge in [-0.05, 0) is 37.1 Å². The van der Waals surface area contributed by atoms with Crippen molar-refractivity contribution < 1.29 is 14.4 Å². The van der Waals surface area contributed by atoms with Crippen LogP contribution < -0.4 is 0 Å². The monoisotopic (exact) mass is 388 g/mol. The molecule has 1 aliphatic carbocycles. The Morgan fingerprint density at radius 2 is 1.50 bits per heavy atom. The van der Waals surface area contributed by atoms with E-state index in [1.807, 2.05) is 24.3 Å². The number of halogens is 1. The van der Waals surface area contributed by atoms with Crippen molar-refractivity contribution in [2.24, 2.45) is 11.8 Å². The Morgan fingerprint density at radius 1 is 0.958 bits per heavy atom. The summed E-state index contributed by atoms with van der Waals surface area (Å²) in [6, 6.07) is 7.03. The first-order valence-corrected chi connectivity index (χ1v) is 8.92. The fourth-order valence-electron chi connectivity index (χ4n) is 3.75. The van der Waals surface area contributed by atoms with Gasteiger partial charge < -0.3 is 4.90 Å². The highest BCUT2D eigenvalue weighted by atomic mass is 79.9. The number of imide groups is 1. The molecule has 0 saturated carbocycles. The van der Waals surface area contributed by atoms with Gasteiger partial charge in [-0.25, -0.2) is 0 Å². The Bertz CT molecular complexity index is 711. The van der Waals surface area contributed by atoms with Gasteiger partial charge in [0.15, 0.2) is 0 Å². The number of carbonyl (C=O) groups is 3. The van der Waals surface area contributed by atoms with Gasteiger partial charge in [0.25, 0.3) is 5.91 Å². The predicted octanol–water partition coefficient (Wildman–Crippen LogP) is 2.22. The van der Waals surface area contributed by atoms with Crippen molar-refractivity contribution in [2.45, 2.75) is 18.9 Å². The van der Waals surface area contributed by atoms with Gasteiger partial charge in [0, 0.05) is 23.1 Å². The lowest BCUT2D eigenvalue weighted by Crippen LogP contribution is -2.62. The van der Waals surface area contributed by atoms with Crippen LogP contribution in [0.5, 0.6) is 0 Å². The second-order valence-corrected chi connectivity index (χ2v) is 7.49. The lowest BCUT2D eigenvalue weighted by atomic mass is 9.85. The molecule has 2 heterocycles. The highest BCUT2D eigenvalue weighted by Gasteiger charge is 2.52. The number of nitrogens with zero attached hydrogens (tertiary/aromatic N) is 2. The molecule has 2 aliphatic heterocycles. The van der Waals surface area contributed by atoms with Crippen LogP contribution in [0.15, 0.2) is 40.9 Å². The molecule has 124 valence electrons. The standard InChI is InChI=1S/C18H17BrN2O3/c19-12-7-5-11(6-8-12)16(22)20-9-13(10-20)21-17(23)14-3-1-2-4-15(14)18(21)24/h1-2,5-8,13-15H,3-4,9-10H2. The van der Waals surface area contributed by atoms with Crippen LogP contribution in [0.1, 0.15) is 23.2 Å². The van der Waals surface area contributed by atoms with Gasteiger partial charge in [0.1, 0.15) is 0 Å². The molecule has 6 heteroatoms. The molecule has 2 fully saturated rings. The van der Waals surface area contributed by atoms with Crippen LogP contribution in [0.25, 0.3) is 0 Å². The fraction of sp³-hybridized carbons (Fsp3) is 0.389. The number of fused-ring (bicyclic) bond motifs is 1. The molecule has 0 bridgehead atoms. The molecule has 0 aromatic heterocycles. The molecule has 5 nitrogen and oxygen atoms in total. The fourth-order valence-corrected chi connectivity index (χ4v) is 4.01. The molecular weight excluding hydrogens is 372 g/mol. The predicted molar refractivity (Wildman–Crippen MR) is 91.0 cm³/mol. The van der Waals surface area contributed by atoms with Crippen LogP contribution in [0.2, 0.25) is 0 Å². The van der Waals surface area contributed by atoms with E-state index in [1.165, 1.54) is 4.90 Å². The first-order valence-electron chi connectivity index (χ1n) is 8.13. The van der Waals surface area contributed by atoms with Gasteiger partial charge in [-0.15, -0.1) is 0 Å². The maximum atomic E-state index is 12.5. The first kappa shape index (κ1) is 15.6. The maximum absolute atomic E-state index is 12.5. The number of hydrogen-bond donors (Lipinski definition) is 0. The lowest BCUT2D eigenvalue weighted by molar-refractivity contribution is -0.145. The summed E-state index contributed by atoms with van der Waals surface area (Å²) in [5.41, 5.74) is 0.619. The van der Waals surface area contributed by atoms with Crippen LogP contribution in [0.4, 0.5) is 0 Å². The van der Waals surface area contributed by atoms with E-state index in [-0.39, 0.29) is 35.6 Å². The van der Waals surface area contributed by atoms with Gasteiger partial charge in [0.2, 0.25) is 11.8 Å². The normalized spacial score (nSPS) is 26.5. The van der Waals surface area contributed by atoms with Crippen LogP contribution in [-0.2, 0) is 9.59 Å². The molecule has 0 radical (unpaired) electrons. The molecule has 1 aromatic rings. The summed E-state index contributed by atoms with van der Waals surface area (Å²) < 4.78 is 0.921. The van der Waals surface area contributed by atoms with Crippen molar-refractivity contribution in [3.05, 3.63) is 46.5 Å². The second kappa shape index (κ2) is 5.84. The van der Waals surface area contributed by atoms with E-state index in [1.54, 1.807) is 17.0 Å². The molecule has 4 rings (SSSR count). The Morgan fingerprint density at radius 3 is 2.04 bits per heavy atom. The maximum Gasteiger partial charge on any atom is 0.253 e. The topological polar surface area (TPSA) is 57.7 Å². The van der Waals surface area contributed by atoms with E-state index in [2.05, 4.69) is 15.9 Å². The highest BCUT2D eigenvalue weighted by molar-refractivity contribution is 9.10. The van der Waals surface area contributed by atoms with Crippen molar-refractivity contribution in [1.82, 2.24) is 9.80 Å². The zero-order chi connectivity index (χ0) is 16.8. The third-order valence-corrected chi connectivity index (χ3v) is 5.68.